The van der Waals surface area contributed by atoms with E-state index in [1.165, 1.54) is 19.1 Å². The quantitative estimate of drug-likeness (QED) is 0.864. The minimum absolute atomic E-state index is 0.00396. The fourth-order valence-electron chi connectivity index (χ4n) is 2.06. The van der Waals surface area contributed by atoms with Crippen molar-refractivity contribution >= 4 is 23.2 Å². The van der Waals surface area contributed by atoms with Crippen molar-refractivity contribution in [3.63, 3.8) is 0 Å². The minimum Gasteiger partial charge on any atom is -0.362 e. The third-order valence-corrected chi connectivity index (χ3v) is 3.44. The molecule has 0 aliphatic carbocycles. The number of hydrogen-bond donors (Lipinski definition) is 1. The van der Waals surface area contributed by atoms with Crippen LogP contribution in [-0.4, -0.2) is 33.6 Å². The molecular formula is C13H12ClF3N2O2. The van der Waals surface area contributed by atoms with E-state index in [-0.39, 0.29) is 21.3 Å². The summed E-state index contributed by atoms with van der Waals surface area (Å²) in [4.78, 5) is 12.3. The number of amides is 1. The number of carbonyl (C=O) groups excluding carboxylic acids is 1. The summed E-state index contributed by atoms with van der Waals surface area (Å²) in [7, 11) is 0. The van der Waals surface area contributed by atoms with Gasteiger partial charge in [0.05, 0.1) is 10.6 Å². The molecule has 0 fully saturated rings. The molecule has 1 aliphatic heterocycles. The second-order valence-electron chi connectivity index (χ2n) is 4.93. The molecule has 1 aromatic carbocycles. The van der Waals surface area contributed by atoms with Gasteiger partial charge in [-0.25, -0.2) is 0 Å². The molecule has 1 N–H and O–H groups in total. The number of hydrogen-bond acceptors (Lipinski definition) is 3. The average Bonchev–Trinajstić information content (AvgIpc) is 2.64. The molecule has 1 unspecified atom stereocenters. The summed E-state index contributed by atoms with van der Waals surface area (Å²) < 4.78 is 39.2. The maximum Gasteiger partial charge on any atom is 0.438 e. The number of carbonyl (C=O) groups is 1. The molecule has 4 nitrogen and oxygen atoms in total. The molecule has 1 aliphatic rings. The van der Waals surface area contributed by atoms with Crippen molar-refractivity contribution in [3.8, 4) is 0 Å². The molecule has 1 amide bonds. The first-order valence-corrected chi connectivity index (χ1v) is 6.38. The van der Waals surface area contributed by atoms with Crippen molar-refractivity contribution in [1.82, 2.24) is 5.01 Å². The van der Waals surface area contributed by atoms with Gasteiger partial charge in [0.1, 0.15) is 0 Å². The van der Waals surface area contributed by atoms with E-state index >= 15 is 0 Å². The van der Waals surface area contributed by atoms with Crippen LogP contribution in [0, 0.1) is 6.92 Å². The van der Waals surface area contributed by atoms with Crippen molar-refractivity contribution < 1.29 is 23.1 Å². The summed E-state index contributed by atoms with van der Waals surface area (Å²) in [6.07, 6.45) is -5.81. The summed E-state index contributed by atoms with van der Waals surface area (Å²) in [5.41, 5.74) is -2.74. The molecule has 1 heterocycles. The van der Waals surface area contributed by atoms with Gasteiger partial charge in [-0.2, -0.15) is 23.3 Å². The molecule has 2 rings (SSSR count). The van der Waals surface area contributed by atoms with Gasteiger partial charge >= 0.3 is 6.18 Å². The number of hydrazone groups is 1. The molecule has 8 heteroatoms. The minimum atomic E-state index is -5.03. The van der Waals surface area contributed by atoms with Gasteiger partial charge in [0, 0.05) is 12.1 Å². The lowest BCUT2D eigenvalue weighted by atomic mass is 10.1. The highest BCUT2D eigenvalue weighted by Crippen LogP contribution is 2.41. The standard InChI is InChI=1S/C13H12ClF3N2O2/c1-7-3-4-9(10(14)5-7)11(20)19-12(21,13(15,16)17)6-8(2)18-19/h3-5,21H,6H2,1-2H3. The third-order valence-electron chi connectivity index (χ3n) is 3.12. The number of aliphatic hydroxyl groups is 1. The zero-order valence-electron chi connectivity index (χ0n) is 11.2. The van der Waals surface area contributed by atoms with Gasteiger partial charge in [-0.1, -0.05) is 17.7 Å². The highest BCUT2D eigenvalue weighted by Gasteiger charge is 2.62. The summed E-state index contributed by atoms with van der Waals surface area (Å²) in [6, 6.07) is 4.30. The molecule has 0 saturated carbocycles. The lowest BCUT2D eigenvalue weighted by Gasteiger charge is -2.32. The molecule has 1 aromatic rings. The SMILES string of the molecule is CC1=NN(C(=O)c2ccc(C)cc2Cl)C(O)(C(F)(F)F)C1. The van der Waals surface area contributed by atoms with E-state index in [1.807, 2.05) is 0 Å². The molecule has 0 radical (unpaired) electrons. The van der Waals surface area contributed by atoms with Crippen molar-refractivity contribution in [2.45, 2.75) is 32.2 Å². The first-order valence-electron chi connectivity index (χ1n) is 6.00. The van der Waals surface area contributed by atoms with Gasteiger partial charge < -0.3 is 5.11 Å². The van der Waals surface area contributed by atoms with Crippen molar-refractivity contribution in [2.24, 2.45) is 5.10 Å². The molecule has 0 saturated heterocycles. The van der Waals surface area contributed by atoms with Crippen LogP contribution in [0.15, 0.2) is 23.3 Å². The van der Waals surface area contributed by atoms with E-state index in [1.54, 1.807) is 13.0 Å². The van der Waals surface area contributed by atoms with Gasteiger partial charge in [-0.05, 0) is 31.5 Å². The van der Waals surface area contributed by atoms with Gasteiger partial charge in [-0.3, -0.25) is 4.79 Å². The molecule has 114 valence electrons. The average molecular weight is 321 g/mol. The second-order valence-corrected chi connectivity index (χ2v) is 5.33. The zero-order chi connectivity index (χ0) is 16.0. The van der Waals surface area contributed by atoms with Gasteiger partial charge in [0.2, 0.25) is 0 Å². The van der Waals surface area contributed by atoms with Crippen molar-refractivity contribution in [3.05, 3.63) is 34.3 Å². The van der Waals surface area contributed by atoms with Crippen LogP contribution < -0.4 is 0 Å². The fraction of sp³-hybridized carbons (Fsp3) is 0.385. The van der Waals surface area contributed by atoms with Gasteiger partial charge in [-0.15, -0.1) is 0 Å². The summed E-state index contributed by atoms with van der Waals surface area (Å²) in [5, 5.41) is 13.4. The Labute approximate surface area is 123 Å². The van der Waals surface area contributed by atoms with Crippen LogP contribution >= 0.6 is 11.6 Å². The van der Waals surface area contributed by atoms with Crippen molar-refractivity contribution in [2.75, 3.05) is 0 Å². The molecule has 0 bridgehead atoms. The summed E-state index contributed by atoms with van der Waals surface area (Å²) in [6.45, 7) is 3.03. The lowest BCUT2D eigenvalue weighted by molar-refractivity contribution is -0.297. The predicted molar refractivity (Wildman–Crippen MR) is 71.1 cm³/mol. The molecule has 0 spiro atoms. The Hall–Kier alpha value is -1.60. The number of benzene rings is 1. The van der Waals surface area contributed by atoms with E-state index in [0.29, 0.717) is 0 Å². The van der Waals surface area contributed by atoms with Gasteiger partial charge in [0.15, 0.2) is 0 Å². The Morgan fingerprint density at radius 2 is 2.05 bits per heavy atom. The van der Waals surface area contributed by atoms with Gasteiger partial charge in [0.25, 0.3) is 11.6 Å². The third kappa shape index (κ3) is 2.63. The first-order chi connectivity index (χ1) is 9.56. The first kappa shape index (κ1) is 15.8. The summed E-state index contributed by atoms with van der Waals surface area (Å²) in [5.74, 6) is -1.10. The Kier molecular flexibility index (Phi) is 3.75. The highest BCUT2D eigenvalue weighted by atomic mass is 35.5. The van der Waals surface area contributed by atoms with Crippen LogP contribution in [0.5, 0.6) is 0 Å². The molecule has 21 heavy (non-hydrogen) atoms. The lowest BCUT2D eigenvalue weighted by Crippen LogP contribution is -2.56. The van der Waals surface area contributed by atoms with Crippen LogP contribution in [0.25, 0.3) is 0 Å². The van der Waals surface area contributed by atoms with E-state index in [4.69, 9.17) is 11.6 Å². The van der Waals surface area contributed by atoms with Crippen LogP contribution in [0.1, 0.15) is 29.3 Å². The topological polar surface area (TPSA) is 52.9 Å². The van der Waals surface area contributed by atoms with Crippen LogP contribution in [-0.2, 0) is 0 Å². The Morgan fingerprint density at radius 3 is 2.57 bits per heavy atom. The number of halogens is 4. The van der Waals surface area contributed by atoms with Crippen LogP contribution in [0.2, 0.25) is 5.02 Å². The maximum absolute atomic E-state index is 13.1. The van der Waals surface area contributed by atoms with E-state index in [2.05, 4.69) is 5.10 Å². The zero-order valence-corrected chi connectivity index (χ0v) is 12.0. The Morgan fingerprint density at radius 1 is 1.43 bits per heavy atom. The number of alkyl halides is 3. The highest BCUT2D eigenvalue weighted by molar-refractivity contribution is 6.34. The van der Waals surface area contributed by atoms with Crippen LogP contribution in [0.3, 0.4) is 0 Å². The molecular weight excluding hydrogens is 309 g/mol. The number of rotatable bonds is 1. The normalized spacial score (nSPS) is 22.4. The molecule has 0 aromatic heterocycles. The van der Waals surface area contributed by atoms with E-state index < -0.39 is 24.2 Å². The second kappa shape index (κ2) is 4.99. The predicted octanol–water partition coefficient (Wildman–Crippen LogP) is 3.12. The van der Waals surface area contributed by atoms with Crippen molar-refractivity contribution in [1.29, 1.82) is 0 Å². The fourth-order valence-corrected chi connectivity index (χ4v) is 2.38. The number of aryl methyl sites for hydroxylation is 1. The Balaban J connectivity index is 2.46. The number of nitrogens with zero attached hydrogens (tertiary/aromatic N) is 2. The van der Waals surface area contributed by atoms with Crippen LogP contribution in [0.4, 0.5) is 13.2 Å². The largest absolute Gasteiger partial charge is 0.438 e. The maximum atomic E-state index is 13.1. The smallest absolute Gasteiger partial charge is 0.362 e. The molecule has 1 atom stereocenters. The monoisotopic (exact) mass is 320 g/mol. The summed E-state index contributed by atoms with van der Waals surface area (Å²) >= 11 is 5.89. The Bertz CT molecular complexity index is 630. The van der Waals surface area contributed by atoms with E-state index in [0.717, 1.165) is 5.56 Å². The van der Waals surface area contributed by atoms with E-state index in [9.17, 15) is 23.1 Å².